The molecule has 0 spiro atoms. The van der Waals surface area contributed by atoms with Gasteiger partial charge >= 0.3 is 0 Å². The van der Waals surface area contributed by atoms with E-state index in [9.17, 15) is 0 Å². The quantitative estimate of drug-likeness (QED) is 0.407. The number of piperidine rings is 2. The highest BCUT2D eigenvalue weighted by molar-refractivity contribution is 5.33. The minimum absolute atomic E-state index is 0.498. The Labute approximate surface area is 226 Å². The van der Waals surface area contributed by atoms with Crippen LogP contribution in [-0.4, -0.2) is 45.6 Å². The van der Waals surface area contributed by atoms with Crippen LogP contribution in [0.4, 0.5) is 11.9 Å². The van der Waals surface area contributed by atoms with Gasteiger partial charge in [0.15, 0.2) is 0 Å². The van der Waals surface area contributed by atoms with Crippen LogP contribution in [0.1, 0.15) is 111 Å². The van der Waals surface area contributed by atoms with Crippen molar-refractivity contribution >= 4 is 11.9 Å². The van der Waals surface area contributed by atoms with Crippen LogP contribution in [-0.2, 0) is 0 Å². The molecule has 2 saturated heterocycles. The van der Waals surface area contributed by atoms with E-state index in [1.54, 1.807) is 0 Å². The van der Waals surface area contributed by atoms with E-state index in [0.29, 0.717) is 17.9 Å². The number of hydrogen-bond donors (Lipinski definition) is 0. The Morgan fingerprint density at radius 3 is 1.46 bits per heavy atom. The summed E-state index contributed by atoms with van der Waals surface area (Å²) < 4.78 is 0. The van der Waals surface area contributed by atoms with Crippen molar-refractivity contribution in [1.29, 1.82) is 0 Å². The number of aromatic nitrogens is 4. The van der Waals surface area contributed by atoms with Crippen LogP contribution >= 0.6 is 0 Å². The summed E-state index contributed by atoms with van der Waals surface area (Å²) in [4.78, 5) is 22.8. The lowest BCUT2D eigenvalue weighted by Crippen LogP contribution is -2.42. The Balaban J connectivity index is 0.000000206. The minimum Gasteiger partial charge on any atom is -0.341 e. The molecule has 2 unspecified atom stereocenters. The maximum absolute atomic E-state index is 4.56. The lowest BCUT2D eigenvalue weighted by molar-refractivity contribution is 0.276. The normalized spacial score (nSPS) is 21.1. The van der Waals surface area contributed by atoms with Crippen molar-refractivity contribution in [1.82, 2.24) is 19.9 Å². The summed E-state index contributed by atoms with van der Waals surface area (Å²) in [5.41, 5.74) is 2.43. The molecule has 2 aromatic rings. The van der Waals surface area contributed by atoms with Gasteiger partial charge < -0.3 is 9.80 Å². The third kappa shape index (κ3) is 8.12. The molecule has 0 saturated carbocycles. The van der Waals surface area contributed by atoms with E-state index in [1.165, 1.54) is 36.8 Å². The molecule has 6 nitrogen and oxygen atoms in total. The minimum atomic E-state index is 0.498. The van der Waals surface area contributed by atoms with Gasteiger partial charge in [-0.05, 0) is 79.2 Å². The van der Waals surface area contributed by atoms with Gasteiger partial charge in [-0.3, -0.25) is 0 Å². The fourth-order valence-electron chi connectivity index (χ4n) is 5.45. The summed E-state index contributed by atoms with van der Waals surface area (Å²) in [6.45, 7) is 23.6. The zero-order valence-electron chi connectivity index (χ0n) is 25.0. The molecular weight excluding hydrogens is 456 g/mol. The molecule has 2 fully saturated rings. The maximum Gasteiger partial charge on any atom is 0.225 e. The molecule has 4 heterocycles. The van der Waals surface area contributed by atoms with Crippen LogP contribution in [0.25, 0.3) is 0 Å². The fraction of sp³-hybridized carbons (Fsp3) is 0.742. The Morgan fingerprint density at radius 2 is 1.05 bits per heavy atom. The first kappa shape index (κ1) is 29.3. The largest absolute Gasteiger partial charge is 0.341 e. The second-order valence-corrected chi connectivity index (χ2v) is 12.6. The predicted molar refractivity (Wildman–Crippen MR) is 156 cm³/mol. The Kier molecular flexibility index (Phi) is 10.7. The molecule has 0 aromatic carbocycles. The molecule has 2 aromatic heterocycles. The molecule has 6 heteroatoms. The maximum atomic E-state index is 4.56. The van der Waals surface area contributed by atoms with Crippen LogP contribution in [0.15, 0.2) is 24.8 Å². The van der Waals surface area contributed by atoms with Gasteiger partial charge in [-0.2, -0.15) is 0 Å². The number of nitrogens with zero attached hydrogens (tertiary/aromatic N) is 6. The van der Waals surface area contributed by atoms with Gasteiger partial charge in [0, 0.05) is 50.5 Å². The summed E-state index contributed by atoms with van der Waals surface area (Å²) in [7, 11) is 0. The SMILES string of the molecule is CC(C)c1cnc(N2CCC(C(C)C)CC2)nc1.CC(C)c1cnc(N2CCC(C(C)C)CC2C)nc1. The summed E-state index contributed by atoms with van der Waals surface area (Å²) >= 11 is 0. The van der Waals surface area contributed by atoms with Crippen molar-refractivity contribution in [3.05, 3.63) is 35.9 Å². The lowest BCUT2D eigenvalue weighted by atomic mass is 9.83. The van der Waals surface area contributed by atoms with E-state index >= 15 is 0 Å². The van der Waals surface area contributed by atoms with Crippen LogP contribution < -0.4 is 9.80 Å². The van der Waals surface area contributed by atoms with E-state index < -0.39 is 0 Å². The fourth-order valence-corrected chi connectivity index (χ4v) is 5.45. The summed E-state index contributed by atoms with van der Waals surface area (Å²) in [6.07, 6.45) is 13.0. The van der Waals surface area contributed by atoms with Gasteiger partial charge in [0.05, 0.1) is 0 Å². The summed E-state index contributed by atoms with van der Waals surface area (Å²) in [5.74, 6) is 6.12. The van der Waals surface area contributed by atoms with Crippen LogP contribution in [0.5, 0.6) is 0 Å². The Hall–Kier alpha value is -2.24. The Morgan fingerprint density at radius 1 is 0.622 bits per heavy atom. The van der Waals surface area contributed by atoms with E-state index in [2.05, 4.69) is 92.0 Å². The molecule has 0 aliphatic carbocycles. The summed E-state index contributed by atoms with van der Waals surface area (Å²) in [5, 5.41) is 0. The van der Waals surface area contributed by atoms with E-state index in [0.717, 1.165) is 55.2 Å². The van der Waals surface area contributed by atoms with Gasteiger partial charge in [-0.15, -0.1) is 0 Å². The molecule has 0 amide bonds. The molecule has 0 radical (unpaired) electrons. The molecule has 2 atom stereocenters. The summed E-state index contributed by atoms with van der Waals surface area (Å²) in [6, 6.07) is 0.547. The second-order valence-electron chi connectivity index (χ2n) is 12.6. The number of rotatable bonds is 6. The highest BCUT2D eigenvalue weighted by Crippen LogP contribution is 2.30. The topological polar surface area (TPSA) is 58.0 Å². The van der Waals surface area contributed by atoms with Crippen LogP contribution in [0.2, 0.25) is 0 Å². The first-order chi connectivity index (χ1) is 17.6. The monoisotopic (exact) mass is 508 g/mol. The first-order valence-corrected chi connectivity index (χ1v) is 14.7. The number of hydrogen-bond acceptors (Lipinski definition) is 6. The van der Waals surface area contributed by atoms with Gasteiger partial charge in [0.2, 0.25) is 11.9 Å². The molecule has 0 N–H and O–H groups in total. The van der Waals surface area contributed by atoms with Crippen LogP contribution in [0, 0.1) is 23.7 Å². The molecule has 206 valence electrons. The molecular formula is C31H52N6. The standard InChI is InChI=1S/C16H27N3.C15H25N3/c1-11(2)14-6-7-19(13(5)8-14)16-17-9-15(10-18-16)12(3)4;1-11(2)13-5-7-18(8-6-13)15-16-9-14(10-17-15)12(3)4/h9-14H,6-8H2,1-5H3;9-13H,5-8H2,1-4H3. The first-order valence-electron chi connectivity index (χ1n) is 14.7. The highest BCUT2D eigenvalue weighted by atomic mass is 15.3. The molecule has 2 aliphatic heterocycles. The van der Waals surface area contributed by atoms with Crippen molar-refractivity contribution < 1.29 is 0 Å². The second kappa shape index (κ2) is 13.5. The van der Waals surface area contributed by atoms with Crippen molar-refractivity contribution in [2.24, 2.45) is 23.7 Å². The van der Waals surface area contributed by atoms with Gasteiger partial charge in [-0.25, -0.2) is 19.9 Å². The van der Waals surface area contributed by atoms with Crippen molar-refractivity contribution in [3.63, 3.8) is 0 Å². The van der Waals surface area contributed by atoms with E-state index in [4.69, 9.17) is 0 Å². The third-order valence-electron chi connectivity index (χ3n) is 8.53. The Bertz CT molecular complexity index is 914. The zero-order chi connectivity index (χ0) is 27.1. The van der Waals surface area contributed by atoms with E-state index in [1.807, 2.05) is 24.8 Å². The zero-order valence-corrected chi connectivity index (χ0v) is 25.0. The van der Waals surface area contributed by atoms with Gasteiger partial charge in [0.25, 0.3) is 0 Å². The van der Waals surface area contributed by atoms with Gasteiger partial charge in [0.1, 0.15) is 0 Å². The smallest absolute Gasteiger partial charge is 0.225 e. The molecule has 0 bridgehead atoms. The average Bonchev–Trinajstić information content (AvgIpc) is 2.89. The van der Waals surface area contributed by atoms with Crippen molar-refractivity contribution in [2.75, 3.05) is 29.4 Å². The third-order valence-corrected chi connectivity index (χ3v) is 8.53. The predicted octanol–water partition coefficient (Wildman–Crippen LogP) is 7.33. The lowest BCUT2D eigenvalue weighted by Gasteiger charge is -2.39. The highest BCUT2D eigenvalue weighted by Gasteiger charge is 2.28. The van der Waals surface area contributed by atoms with Crippen molar-refractivity contribution in [3.8, 4) is 0 Å². The van der Waals surface area contributed by atoms with Crippen LogP contribution in [0.3, 0.4) is 0 Å². The van der Waals surface area contributed by atoms with Crippen molar-refractivity contribution in [2.45, 2.75) is 106 Å². The average molecular weight is 509 g/mol. The van der Waals surface area contributed by atoms with E-state index in [-0.39, 0.29) is 0 Å². The molecule has 4 rings (SSSR count). The molecule has 2 aliphatic rings. The molecule has 37 heavy (non-hydrogen) atoms. The van der Waals surface area contributed by atoms with Gasteiger partial charge in [-0.1, -0.05) is 55.4 Å². The number of anilines is 2.